The average Bonchev–Trinajstić information content (AvgIpc) is 3.65. The van der Waals surface area contributed by atoms with Crippen LogP contribution in [0.25, 0.3) is 10.9 Å². The fourth-order valence-corrected chi connectivity index (χ4v) is 5.31. The van der Waals surface area contributed by atoms with Gasteiger partial charge >= 0.3 is 0 Å². The molecule has 0 fully saturated rings. The van der Waals surface area contributed by atoms with Gasteiger partial charge in [-0.15, -0.1) is 5.10 Å². The molecule has 0 spiro atoms. The summed E-state index contributed by atoms with van der Waals surface area (Å²) in [4.78, 5) is 18.6. The Balaban J connectivity index is 1.32. The molecule has 1 N–H and O–H groups in total. The Morgan fingerprint density at radius 3 is 2.56 bits per heavy atom. The molecule has 210 valence electrons. The number of nitrogens with zero attached hydrogens (tertiary/aromatic N) is 5. The number of ether oxygens (including phenoxy) is 3. The van der Waals surface area contributed by atoms with Crippen molar-refractivity contribution in [3.8, 4) is 17.2 Å². The topological polar surface area (TPSA) is 107 Å². The quantitative estimate of drug-likeness (QED) is 0.255. The highest BCUT2D eigenvalue weighted by Gasteiger charge is 2.26. The Hall–Kier alpha value is -4.70. The minimum absolute atomic E-state index is 0.112. The predicted molar refractivity (Wildman–Crippen MR) is 154 cm³/mol. The molecule has 0 radical (unpaired) electrons. The summed E-state index contributed by atoms with van der Waals surface area (Å²) in [5.41, 5.74) is 3.54. The zero-order valence-corrected chi connectivity index (χ0v) is 23.1. The lowest BCUT2D eigenvalue weighted by atomic mass is 10.1. The zero-order chi connectivity index (χ0) is 28.2. The van der Waals surface area contributed by atoms with E-state index >= 15 is 0 Å². The molecule has 6 rings (SSSR count). The number of aromatic amines is 1. The normalized spacial score (nSPS) is 13.1. The van der Waals surface area contributed by atoms with Crippen LogP contribution in [0.1, 0.15) is 41.9 Å². The Morgan fingerprint density at radius 2 is 1.80 bits per heavy atom. The fraction of sp³-hybridized carbons (Fsp3) is 0.290. The molecule has 0 unspecified atom stereocenters. The number of pyridine rings is 1. The summed E-state index contributed by atoms with van der Waals surface area (Å²) in [7, 11) is 1.65. The first-order chi connectivity index (χ1) is 20.1. The Morgan fingerprint density at radius 1 is 1.02 bits per heavy atom. The van der Waals surface area contributed by atoms with Gasteiger partial charge < -0.3 is 19.2 Å². The van der Waals surface area contributed by atoms with Crippen LogP contribution in [0.2, 0.25) is 0 Å². The number of aromatic nitrogens is 5. The van der Waals surface area contributed by atoms with E-state index in [1.54, 1.807) is 7.11 Å². The van der Waals surface area contributed by atoms with Crippen LogP contribution in [0.4, 0.5) is 0 Å². The summed E-state index contributed by atoms with van der Waals surface area (Å²) >= 11 is 0. The molecule has 0 bridgehead atoms. The molecule has 0 amide bonds. The van der Waals surface area contributed by atoms with Crippen molar-refractivity contribution in [1.29, 1.82) is 0 Å². The van der Waals surface area contributed by atoms with Crippen LogP contribution in [-0.4, -0.2) is 50.5 Å². The highest BCUT2D eigenvalue weighted by Crippen LogP contribution is 2.35. The minimum Gasteiger partial charge on any atom is -0.497 e. The summed E-state index contributed by atoms with van der Waals surface area (Å²) in [5.74, 6) is 2.88. The largest absolute Gasteiger partial charge is 0.497 e. The maximum absolute atomic E-state index is 13.3. The minimum atomic E-state index is -0.131. The number of H-pyrrole nitrogens is 1. The smallest absolute Gasteiger partial charge is 0.252 e. The van der Waals surface area contributed by atoms with Crippen molar-refractivity contribution in [1.82, 2.24) is 30.1 Å². The van der Waals surface area contributed by atoms with Crippen LogP contribution in [0.5, 0.6) is 17.2 Å². The Kier molecular flexibility index (Phi) is 7.64. The number of fused-ring (bicyclic) bond motifs is 2. The number of tetrazole rings is 1. The predicted octanol–water partition coefficient (Wildman–Crippen LogP) is 4.50. The van der Waals surface area contributed by atoms with Gasteiger partial charge in [0, 0.05) is 30.1 Å². The molecule has 0 saturated heterocycles. The van der Waals surface area contributed by atoms with Gasteiger partial charge in [-0.3, -0.25) is 9.69 Å². The highest BCUT2D eigenvalue weighted by molar-refractivity contribution is 5.83. The number of hydrogen-bond acceptors (Lipinski definition) is 8. The molecule has 10 nitrogen and oxygen atoms in total. The van der Waals surface area contributed by atoms with E-state index < -0.39 is 0 Å². The molecular weight excluding hydrogens is 520 g/mol. The van der Waals surface area contributed by atoms with Gasteiger partial charge in [0.25, 0.3) is 5.56 Å². The summed E-state index contributed by atoms with van der Waals surface area (Å²) in [6, 6.07) is 23.8. The number of rotatable bonds is 11. The zero-order valence-electron chi connectivity index (χ0n) is 23.1. The summed E-state index contributed by atoms with van der Waals surface area (Å²) in [5, 5.41) is 13.7. The van der Waals surface area contributed by atoms with Crippen LogP contribution >= 0.6 is 0 Å². The Bertz CT molecular complexity index is 1680. The van der Waals surface area contributed by atoms with Crippen LogP contribution in [-0.2, 0) is 19.5 Å². The highest BCUT2D eigenvalue weighted by atomic mass is 16.7. The Labute approximate surface area is 237 Å². The first-order valence-corrected chi connectivity index (χ1v) is 13.7. The van der Waals surface area contributed by atoms with Crippen molar-refractivity contribution in [3.05, 3.63) is 106 Å². The van der Waals surface area contributed by atoms with E-state index in [1.807, 2.05) is 65.3 Å². The van der Waals surface area contributed by atoms with Gasteiger partial charge in [-0.05, 0) is 58.7 Å². The van der Waals surface area contributed by atoms with E-state index in [0.717, 1.165) is 41.9 Å². The molecular formula is C31H32N6O4. The van der Waals surface area contributed by atoms with Gasteiger partial charge in [0.1, 0.15) is 5.75 Å². The first kappa shape index (κ1) is 26.5. The van der Waals surface area contributed by atoms with E-state index in [0.29, 0.717) is 35.7 Å². The molecule has 41 heavy (non-hydrogen) atoms. The number of benzene rings is 3. The third kappa shape index (κ3) is 5.78. The van der Waals surface area contributed by atoms with Gasteiger partial charge in [0.15, 0.2) is 17.3 Å². The van der Waals surface area contributed by atoms with Crippen LogP contribution in [0.3, 0.4) is 0 Å². The molecule has 1 aliphatic heterocycles. The second-order valence-corrected chi connectivity index (χ2v) is 10.1. The lowest BCUT2D eigenvalue weighted by molar-refractivity contribution is 0.172. The van der Waals surface area contributed by atoms with Crippen molar-refractivity contribution in [2.24, 2.45) is 0 Å². The molecule has 0 aliphatic carbocycles. The van der Waals surface area contributed by atoms with Gasteiger partial charge in [-0.25, -0.2) is 4.68 Å². The van der Waals surface area contributed by atoms with E-state index in [-0.39, 0.29) is 18.4 Å². The van der Waals surface area contributed by atoms with Crippen molar-refractivity contribution in [3.63, 3.8) is 0 Å². The standard InChI is InChI=1S/C31H32N6O4/c1-3-27(30-33-34-35-37(30)18-22-9-11-25(39-2)12-10-22)36(14-13-21-7-5-4-6-8-21)19-24-15-23-16-28-29(41-20-40-28)17-26(23)32-31(24)38/h4-12,15-17,27H,3,13-14,18-20H2,1-2H3,(H,32,38)/t27-/m1/s1. The molecule has 1 atom stereocenters. The third-order valence-electron chi connectivity index (χ3n) is 7.49. The van der Waals surface area contributed by atoms with E-state index in [2.05, 4.69) is 44.5 Å². The van der Waals surface area contributed by atoms with E-state index in [4.69, 9.17) is 14.2 Å². The van der Waals surface area contributed by atoms with Crippen LogP contribution in [0, 0.1) is 0 Å². The SMILES string of the molecule is CC[C@H](c1nnnn1Cc1ccc(OC)cc1)N(CCc1ccccc1)Cc1cc2cc3c(cc2[nH]c1=O)OCO3. The second-order valence-electron chi connectivity index (χ2n) is 10.1. The second kappa shape index (κ2) is 11.8. The van der Waals surface area contributed by atoms with E-state index in [1.165, 1.54) is 5.56 Å². The maximum Gasteiger partial charge on any atom is 0.252 e. The van der Waals surface area contributed by atoms with E-state index in [9.17, 15) is 4.79 Å². The number of nitrogens with one attached hydrogen (secondary N) is 1. The summed E-state index contributed by atoms with van der Waals surface area (Å²) in [6.07, 6.45) is 1.59. The lowest BCUT2D eigenvalue weighted by Crippen LogP contribution is -2.34. The molecule has 1 aliphatic rings. The molecule has 10 heteroatoms. The fourth-order valence-electron chi connectivity index (χ4n) is 5.31. The van der Waals surface area contributed by atoms with Crippen molar-refractivity contribution >= 4 is 10.9 Å². The lowest BCUT2D eigenvalue weighted by Gasteiger charge is -2.30. The van der Waals surface area contributed by atoms with Gasteiger partial charge in [-0.2, -0.15) is 0 Å². The molecule has 3 heterocycles. The van der Waals surface area contributed by atoms with Crippen LogP contribution in [0.15, 0.2) is 77.6 Å². The first-order valence-electron chi connectivity index (χ1n) is 13.7. The van der Waals surface area contributed by atoms with Crippen LogP contribution < -0.4 is 19.8 Å². The number of hydrogen-bond donors (Lipinski definition) is 1. The van der Waals surface area contributed by atoms with Crippen molar-refractivity contribution in [2.75, 3.05) is 20.4 Å². The van der Waals surface area contributed by atoms with Gasteiger partial charge in [0.2, 0.25) is 6.79 Å². The monoisotopic (exact) mass is 552 g/mol. The third-order valence-corrected chi connectivity index (χ3v) is 7.49. The average molecular weight is 553 g/mol. The molecule has 5 aromatic rings. The summed E-state index contributed by atoms with van der Waals surface area (Å²) in [6.45, 7) is 3.98. The van der Waals surface area contributed by atoms with Gasteiger partial charge in [-0.1, -0.05) is 49.4 Å². The molecule has 2 aromatic heterocycles. The maximum atomic E-state index is 13.3. The summed E-state index contributed by atoms with van der Waals surface area (Å²) < 4.78 is 18.2. The molecule has 3 aromatic carbocycles. The molecule has 0 saturated carbocycles. The van der Waals surface area contributed by atoms with Crippen molar-refractivity contribution in [2.45, 2.75) is 38.9 Å². The van der Waals surface area contributed by atoms with Crippen molar-refractivity contribution < 1.29 is 14.2 Å². The van der Waals surface area contributed by atoms with Gasteiger partial charge in [0.05, 0.1) is 25.2 Å². The number of methoxy groups -OCH3 is 1.